The summed E-state index contributed by atoms with van der Waals surface area (Å²) in [6.45, 7) is -0.829. The van der Waals surface area contributed by atoms with Crippen molar-refractivity contribution in [1.82, 2.24) is 0 Å². The van der Waals surface area contributed by atoms with Gasteiger partial charge in [-0.15, -0.1) is 0 Å². The van der Waals surface area contributed by atoms with Crippen LogP contribution in [0.2, 0.25) is 0 Å². The van der Waals surface area contributed by atoms with Crippen LogP contribution in [-0.2, 0) is 4.79 Å². The van der Waals surface area contributed by atoms with Crippen LogP contribution in [0.5, 0.6) is 0 Å². The largest absolute Gasteiger partial charge is 0.394 e. The van der Waals surface area contributed by atoms with Crippen molar-refractivity contribution in [3.8, 4) is 0 Å². The lowest BCUT2D eigenvalue weighted by Crippen LogP contribution is -2.51. The molecule has 0 heterocycles. The van der Waals surface area contributed by atoms with Crippen molar-refractivity contribution in [2.24, 2.45) is 0 Å². The fourth-order valence-electron chi connectivity index (χ4n) is 0.628. The highest BCUT2D eigenvalue weighted by Crippen LogP contribution is 2.17. The van der Waals surface area contributed by atoms with Gasteiger partial charge in [-0.1, -0.05) is 11.6 Å². The molecule has 0 bridgehead atoms. The second kappa shape index (κ2) is 4.85. The van der Waals surface area contributed by atoms with Gasteiger partial charge in [0.1, 0.15) is 18.3 Å². The Kier molecular flexibility index (Phi) is 4.76. The molecule has 7 heteroatoms. The first-order valence-electron chi connectivity index (χ1n) is 3.39. The average molecular weight is 215 g/mol. The topological polar surface area (TPSA) is 118 Å². The number of hydrogen-bond acceptors (Lipinski definition) is 6. The maximum atomic E-state index is 10.1. The zero-order valence-electron chi connectivity index (χ0n) is 6.54. The number of carbonyl (C=O) groups is 1. The molecule has 0 radical (unpaired) electrons. The van der Waals surface area contributed by atoms with Gasteiger partial charge < -0.3 is 25.5 Å². The summed E-state index contributed by atoms with van der Waals surface area (Å²) in [5, 5.41) is 41.4. The van der Waals surface area contributed by atoms with Gasteiger partial charge >= 0.3 is 0 Å². The van der Waals surface area contributed by atoms with Crippen LogP contribution in [0, 0.1) is 0 Å². The van der Waals surface area contributed by atoms with Crippen molar-refractivity contribution in [3.63, 3.8) is 0 Å². The standard InChI is InChI=1S/C6H11ClO6/c7-6(13,2-9)5(12)4(11)3(10)1-8/h2-5,8,10-13H,1H2/t3-,4-,5+,6+/m1/s1. The normalized spacial score (nSPS) is 22.9. The number of aliphatic hydroxyl groups excluding tert-OH is 4. The number of rotatable bonds is 5. The first-order chi connectivity index (χ1) is 5.86. The number of aldehydes is 1. The highest BCUT2D eigenvalue weighted by molar-refractivity contribution is 6.30. The highest BCUT2D eigenvalue weighted by Gasteiger charge is 2.40. The van der Waals surface area contributed by atoms with Crippen LogP contribution in [0.3, 0.4) is 0 Å². The molecule has 13 heavy (non-hydrogen) atoms. The number of carbonyl (C=O) groups excluding carboxylic acids is 1. The smallest absolute Gasteiger partial charge is 0.223 e. The van der Waals surface area contributed by atoms with E-state index in [-0.39, 0.29) is 6.29 Å². The maximum absolute atomic E-state index is 10.1. The monoisotopic (exact) mass is 214 g/mol. The molecular formula is C6H11ClO6. The quantitative estimate of drug-likeness (QED) is 0.249. The Hall–Kier alpha value is -0.240. The molecule has 0 aromatic heterocycles. The lowest BCUT2D eigenvalue weighted by atomic mass is 10.0. The first kappa shape index (κ1) is 12.8. The van der Waals surface area contributed by atoms with Gasteiger partial charge in [0.05, 0.1) is 6.61 Å². The zero-order valence-corrected chi connectivity index (χ0v) is 7.29. The predicted octanol–water partition coefficient (Wildman–Crippen LogP) is -2.81. The van der Waals surface area contributed by atoms with Crippen molar-refractivity contribution < 1.29 is 30.3 Å². The molecular weight excluding hydrogens is 204 g/mol. The van der Waals surface area contributed by atoms with Crippen LogP contribution in [0.4, 0.5) is 0 Å². The summed E-state index contributed by atoms with van der Waals surface area (Å²) >= 11 is 5.05. The van der Waals surface area contributed by atoms with E-state index in [4.69, 9.17) is 37.1 Å². The summed E-state index contributed by atoms with van der Waals surface area (Å²) in [4.78, 5) is 10.1. The van der Waals surface area contributed by atoms with Crippen molar-refractivity contribution in [3.05, 3.63) is 0 Å². The number of hydrogen-bond donors (Lipinski definition) is 5. The Labute approximate surface area is 79.0 Å². The molecule has 4 atom stereocenters. The molecule has 0 aromatic carbocycles. The molecule has 0 rings (SSSR count). The second-order valence-corrected chi connectivity index (χ2v) is 3.14. The van der Waals surface area contributed by atoms with Crippen molar-refractivity contribution in [2.75, 3.05) is 6.61 Å². The molecule has 0 spiro atoms. The highest BCUT2D eigenvalue weighted by atomic mass is 35.5. The number of alkyl halides is 1. The van der Waals surface area contributed by atoms with Gasteiger partial charge in [-0.05, 0) is 0 Å². The summed E-state index contributed by atoms with van der Waals surface area (Å²) in [7, 11) is 0. The van der Waals surface area contributed by atoms with E-state index >= 15 is 0 Å². The van der Waals surface area contributed by atoms with Crippen molar-refractivity contribution in [1.29, 1.82) is 0 Å². The Morgan fingerprint density at radius 2 is 1.85 bits per heavy atom. The van der Waals surface area contributed by atoms with Crippen LogP contribution in [-0.4, -0.2) is 61.8 Å². The van der Waals surface area contributed by atoms with Crippen LogP contribution in [0.25, 0.3) is 0 Å². The SMILES string of the molecule is O=C[C@@](O)(Cl)[C@@H](O)[C@H](O)[C@H](O)CO. The lowest BCUT2D eigenvalue weighted by Gasteiger charge is -2.27. The third-order valence-corrected chi connectivity index (χ3v) is 1.80. The van der Waals surface area contributed by atoms with E-state index in [2.05, 4.69) is 0 Å². The van der Waals surface area contributed by atoms with E-state index in [1.54, 1.807) is 0 Å². The van der Waals surface area contributed by atoms with E-state index in [9.17, 15) is 4.79 Å². The zero-order chi connectivity index (χ0) is 10.6. The van der Waals surface area contributed by atoms with Gasteiger partial charge in [0.15, 0.2) is 6.29 Å². The molecule has 0 unspecified atom stereocenters. The third-order valence-electron chi connectivity index (χ3n) is 1.48. The first-order valence-corrected chi connectivity index (χ1v) is 3.77. The molecule has 0 aromatic rings. The minimum Gasteiger partial charge on any atom is -0.394 e. The third kappa shape index (κ3) is 3.18. The molecule has 0 aliphatic rings. The second-order valence-electron chi connectivity index (χ2n) is 2.53. The molecule has 5 N–H and O–H groups in total. The van der Waals surface area contributed by atoms with E-state index in [0.29, 0.717) is 0 Å². The van der Waals surface area contributed by atoms with Crippen LogP contribution >= 0.6 is 11.6 Å². The average Bonchev–Trinajstić information content (AvgIpc) is 2.14. The number of aliphatic hydroxyl groups is 5. The molecule has 0 aliphatic carbocycles. The van der Waals surface area contributed by atoms with Crippen LogP contribution in [0.15, 0.2) is 0 Å². The van der Waals surface area contributed by atoms with Gasteiger partial charge in [-0.2, -0.15) is 0 Å². The predicted molar refractivity (Wildman–Crippen MR) is 42.0 cm³/mol. The molecule has 6 nitrogen and oxygen atoms in total. The lowest BCUT2D eigenvalue weighted by molar-refractivity contribution is -0.145. The fourth-order valence-corrected chi connectivity index (χ4v) is 0.757. The minimum atomic E-state index is -2.67. The Balaban J connectivity index is 4.40. The maximum Gasteiger partial charge on any atom is 0.223 e. The van der Waals surface area contributed by atoms with Gasteiger partial charge in [0, 0.05) is 0 Å². The molecule has 0 amide bonds. The van der Waals surface area contributed by atoms with E-state index < -0.39 is 30.0 Å². The Morgan fingerprint density at radius 3 is 2.15 bits per heavy atom. The van der Waals surface area contributed by atoms with E-state index in [1.165, 1.54) is 0 Å². The summed E-state index contributed by atoms with van der Waals surface area (Å²) in [5.74, 6) is 0. The van der Waals surface area contributed by atoms with Crippen molar-refractivity contribution in [2.45, 2.75) is 23.4 Å². The van der Waals surface area contributed by atoms with E-state index in [1.807, 2.05) is 0 Å². The Morgan fingerprint density at radius 1 is 1.38 bits per heavy atom. The van der Waals surface area contributed by atoms with Gasteiger partial charge in [-0.3, -0.25) is 4.79 Å². The molecule has 0 aliphatic heterocycles. The summed E-state index contributed by atoms with van der Waals surface area (Å²) in [6, 6.07) is 0. The number of halogens is 1. The molecule has 0 fully saturated rings. The van der Waals surface area contributed by atoms with Crippen LogP contribution < -0.4 is 0 Å². The summed E-state index contributed by atoms with van der Waals surface area (Å²) < 4.78 is 0. The Bertz CT molecular complexity index is 173. The summed E-state index contributed by atoms with van der Waals surface area (Å²) in [5.41, 5.74) is 0. The fraction of sp³-hybridized carbons (Fsp3) is 0.833. The molecule has 0 saturated heterocycles. The van der Waals surface area contributed by atoms with Crippen molar-refractivity contribution >= 4 is 17.9 Å². The van der Waals surface area contributed by atoms with E-state index in [0.717, 1.165) is 0 Å². The summed E-state index contributed by atoms with van der Waals surface area (Å²) in [6.07, 6.45) is -5.85. The molecule has 78 valence electrons. The van der Waals surface area contributed by atoms with Crippen LogP contribution in [0.1, 0.15) is 0 Å². The van der Waals surface area contributed by atoms with Gasteiger partial charge in [0.25, 0.3) is 0 Å². The minimum absolute atomic E-state index is 0.188. The van der Waals surface area contributed by atoms with Gasteiger partial charge in [0.2, 0.25) is 5.06 Å². The molecule has 0 saturated carbocycles. The van der Waals surface area contributed by atoms with Gasteiger partial charge in [-0.25, -0.2) is 0 Å².